The molecule has 0 aliphatic carbocycles. The van der Waals surface area contributed by atoms with Crippen molar-refractivity contribution in [3.8, 4) is 0 Å². The molecule has 2 heterocycles. The van der Waals surface area contributed by atoms with E-state index >= 15 is 0 Å². The van der Waals surface area contributed by atoms with Gasteiger partial charge in [-0.3, -0.25) is 9.88 Å². The van der Waals surface area contributed by atoms with Crippen LogP contribution in [0, 0.1) is 0 Å². The first-order valence-corrected chi connectivity index (χ1v) is 7.50. The van der Waals surface area contributed by atoms with Gasteiger partial charge in [-0.05, 0) is 39.8 Å². The Morgan fingerprint density at radius 2 is 1.90 bits per heavy atom. The fourth-order valence-electron chi connectivity index (χ4n) is 2.43. The maximum atomic E-state index is 12.0. The molecule has 5 heteroatoms. The largest absolute Gasteiger partial charge is 0.444 e. The minimum absolute atomic E-state index is 0.215. The van der Waals surface area contributed by atoms with Gasteiger partial charge < -0.3 is 9.64 Å². The fraction of sp³-hybridized carbons (Fsp3) is 0.625. The van der Waals surface area contributed by atoms with Crippen molar-refractivity contribution in [3.05, 3.63) is 30.1 Å². The molecule has 0 spiro atoms. The Bertz CT molecular complexity index is 462. The van der Waals surface area contributed by atoms with Crippen LogP contribution in [0.25, 0.3) is 0 Å². The Kier molecular flexibility index (Phi) is 4.83. The summed E-state index contributed by atoms with van der Waals surface area (Å²) in [6.07, 6.45) is 1.61. The van der Waals surface area contributed by atoms with Gasteiger partial charge in [0, 0.05) is 38.4 Å². The molecule has 0 N–H and O–H groups in total. The number of carbonyl (C=O) groups is 1. The highest BCUT2D eigenvalue weighted by Crippen LogP contribution is 2.20. The van der Waals surface area contributed by atoms with E-state index in [1.165, 1.54) is 0 Å². The van der Waals surface area contributed by atoms with Crippen molar-refractivity contribution in [1.82, 2.24) is 14.8 Å². The second kappa shape index (κ2) is 6.43. The predicted octanol–water partition coefficient (Wildman–Crippen LogP) is 2.70. The SMILES string of the molecule is C[C@@H](c1ccccn1)N1CCN(C(=O)OC(C)(C)C)CC1. The third-order valence-corrected chi connectivity index (χ3v) is 3.63. The molecule has 1 fully saturated rings. The monoisotopic (exact) mass is 291 g/mol. The van der Waals surface area contributed by atoms with Crippen molar-refractivity contribution in [2.24, 2.45) is 0 Å². The van der Waals surface area contributed by atoms with Crippen LogP contribution in [0.15, 0.2) is 24.4 Å². The van der Waals surface area contributed by atoms with Gasteiger partial charge in [0.25, 0.3) is 0 Å². The molecule has 0 saturated carbocycles. The normalized spacial score (nSPS) is 18.4. The summed E-state index contributed by atoms with van der Waals surface area (Å²) >= 11 is 0. The lowest BCUT2D eigenvalue weighted by atomic mass is 10.1. The highest BCUT2D eigenvalue weighted by molar-refractivity contribution is 5.68. The van der Waals surface area contributed by atoms with Gasteiger partial charge in [-0.25, -0.2) is 4.79 Å². The van der Waals surface area contributed by atoms with Crippen LogP contribution in [-0.4, -0.2) is 52.7 Å². The first-order valence-electron chi connectivity index (χ1n) is 7.50. The predicted molar refractivity (Wildman–Crippen MR) is 82.0 cm³/mol. The first-order chi connectivity index (χ1) is 9.87. The maximum Gasteiger partial charge on any atom is 0.410 e. The van der Waals surface area contributed by atoms with E-state index in [4.69, 9.17) is 4.74 Å². The summed E-state index contributed by atoms with van der Waals surface area (Å²) in [7, 11) is 0. The summed E-state index contributed by atoms with van der Waals surface area (Å²) < 4.78 is 5.41. The lowest BCUT2D eigenvalue weighted by Gasteiger charge is -2.38. The molecule has 1 amide bonds. The summed E-state index contributed by atoms with van der Waals surface area (Å²) in [5, 5.41) is 0. The number of pyridine rings is 1. The molecular weight excluding hydrogens is 266 g/mol. The van der Waals surface area contributed by atoms with Crippen LogP contribution in [0.3, 0.4) is 0 Å². The summed E-state index contributed by atoms with van der Waals surface area (Å²) in [6.45, 7) is 10.9. The van der Waals surface area contributed by atoms with Crippen molar-refractivity contribution in [3.63, 3.8) is 0 Å². The Morgan fingerprint density at radius 1 is 1.24 bits per heavy atom. The third kappa shape index (κ3) is 4.43. The number of piperazine rings is 1. The van der Waals surface area contributed by atoms with E-state index < -0.39 is 5.60 Å². The van der Waals surface area contributed by atoms with E-state index in [0.717, 1.165) is 18.8 Å². The molecule has 0 radical (unpaired) electrons. The standard InChI is InChI=1S/C16H25N3O2/c1-13(14-7-5-6-8-17-14)18-9-11-19(12-10-18)15(20)21-16(2,3)4/h5-8,13H,9-12H2,1-4H3/t13-/m0/s1. The van der Waals surface area contributed by atoms with Crippen molar-refractivity contribution in [1.29, 1.82) is 0 Å². The number of ether oxygens (including phenoxy) is 1. The Labute approximate surface area is 126 Å². The molecule has 1 saturated heterocycles. The molecule has 1 aliphatic rings. The number of hydrogen-bond donors (Lipinski definition) is 0. The number of carbonyl (C=O) groups excluding carboxylic acids is 1. The zero-order chi connectivity index (χ0) is 15.5. The highest BCUT2D eigenvalue weighted by Gasteiger charge is 2.28. The van der Waals surface area contributed by atoms with Crippen molar-refractivity contribution in [2.75, 3.05) is 26.2 Å². The van der Waals surface area contributed by atoms with Crippen LogP contribution in [0.4, 0.5) is 4.79 Å². The van der Waals surface area contributed by atoms with E-state index in [-0.39, 0.29) is 12.1 Å². The van der Waals surface area contributed by atoms with Gasteiger partial charge in [-0.1, -0.05) is 6.07 Å². The van der Waals surface area contributed by atoms with E-state index in [1.807, 2.05) is 45.2 Å². The molecule has 1 aromatic rings. The van der Waals surface area contributed by atoms with Crippen molar-refractivity contribution >= 4 is 6.09 Å². The Balaban J connectivity index is 1.87. The van der Waals surface area contributed by atoms with E-state index in [2.05, 4.69) is 16.8 Å². The molecule has 1 aliphatic heterocycles. The Hall–Kier alpha value is -1.62. The van der Waals surface area contributed by atoms with E-state index in [1.54, 1.807) is 4.90 Å². The summed E-state index contributed by atoms with van der Waals surface area (Å²) in [5.41, 5.74) is 0.637. The van der Waals surface area contributed by atoms with Gasteiger partial charge in [0.05, 0.1) is 5.69 Å². The number of hydrogen-bond acceptors (Lipinski definition) is 4. The molecule has 1 atom stereocenters. The van der Waals surface area contributed by atoms with Gasteiger partial charge >= 0.3 is 6.09 Å². The lowest BCUT2D eigenvalue weighted by molar-refractivity contribution is 0.0108. The van der Waals surface area contributed by atoms with Gasteiger partial charge in [-0.2, -0.15) is 0 Å². The first kappa shape index (κ1) is 15.8. The summed E-state index contributed by atoms with van der Waals surface area (Å²) in [5.74, 6) is 0. The number of amides is 1. The van der Waals surface area contributed by atoms with Crippen molar-refractivity contribution < 1.29 is 9.53 Å². The summed E-state index contributed by atoms with van der Waals surface area (Å²) in [6, 6.07) is 6.25. The maximum absolute atomic E-state index is 12.0. The van der Waals surface area contributed by atoms with Crippen LogP contribution >= 0.6 is 0 Å². The summed E-state index contributed by atoms with van der Waals surface area (Å²) in [4.78, 5) is 20.6. The molecule has 0 aromatic carbocycles. The number of rotatable bonds is 2. The second-order valence-corrected chi connectivity index (χ2v) is 6.43. The molecular formula is C16H25N3O2. The van der Waals surface area contributed by atoms with Crippen LogP contribution < -0.4 is 0 Å². The minimum Gasteiger partial charge on any atom is -0.444 e. The quantitative estimate of drug-likeness (QED) is 0.840. The molecule has 0 unspecified atom stereocenters. The zero-order valence-corrected chi connectivity index (χ0v) is 13.4. The van der Waals surface area contributed by atoms with E-state index in [9.17, 15) is 4.79 Å². The zero-order valence-electron chi connectivity index (χ0n) is 13.4. The van der Waals surface area contributed by atoms with Gasteiger partial charge in [0.2, 0.25) is 0 Å². The third-order valence-electron chi connectivity index (χ3n) is 3.63. The van der Waals surface area contributed by atoms with E-state index in [0.29, 0.717) is 13.1 Å². The number of aromatic nitrogens is 1. The van der Waals surface area contributed by atoms with Gasteiger partial charge in [0.1, 0.15) is 5.60 Å². The van der Waals surface area contributed by atoms with Crippen molar-refractivity contribution in [2.45, 2.75) is 39.3 Å². The molecule has 5 nitrogen and oxygen atoms in total. The highest BCUT2D eigenvalue weighted by atomic mass is 16.6. The molecule has 21 heavy (non-hydrogen) atoms. The second-order valence-electron chi connectivity index (χ2n) is 6.43. The average Bonchev–Trinajstić information content (AvgIpc) is 2.46. The van der Waals surface area contributed by atoms with Gasteiger partial charge in [0.15, 0.2) is 0 Å². The smallest absolute Gasteiger partial charge is 0.410 e. The molecule has 1 aromatic heterocycles. The Morgan fingerprint density at radius 3 is 2.43 bits per heavy atom. The van der Waals surface area contributed by atoms with Crippen LogP contribution in [0.5, 0.6) is 0 Å². The van der Waals surface area contributed by atoms with Gasteiger partial charge in [-0.15, -0.1) is 0 Å². The molecule has 116 valence electrons. The molecule has 0 bridgehead atoms. The average molecular weight is 291 g/mol. The number of nitrogens with zero attached hydrogens (tertiary/aromatic N) is 3. The minimum atomic E-state index is -0.435. The van der Waals surface area contributed by atoms with Crippen LogP contribution in [-0.2, 0) is 4.74 Å². The lowest BCUT2D eigenvalue weighted by Crippen LogP contribution is -2.50. The molecule has 2 rings (SSSR count). The van der Waals surface area contributed by atoms with Crippen LogP contribution in [0.2, 0.25) is 0 Å². The topological polar surface area (TPSA) is 45.7 Å². The fourth-order valence-corrected chi connectivity index (χ4v) is 2.43. The van der Waals surface area contributed by atoms with Crippen LogP contribution in [0.1, 0.15) is 39.4 Å².